The molecule has 0 aliphatic carbocycles. The Morgan fingerprint density at radius 1 is 1.35 bits per heavy atom. The number of methoxy groups -OCH3 is 1. The maximum atomic E-state index is 12.2. The molecule has 0 atom stereocenters. The van der Waals surface area contributed by atoms with Crippen LogP contribution in [0.3, 0.4) is 0 Å². The van der Waals surface area contributed by atoms with Crippen LogP contribution >= 0.6 is 38.9 Å². The van der Waals surface area contributed by atoms with Crippen LogP contribution < -0.4 is 4.74 Å². The van der Waals surface area contributed by atoms with Crippen molar-refractivity contribution in [3.63, 3.8) is 0 Å². The first-order chi connectivity index (χ1) is 8.11. The van der Waals surface area contributed by atoms with Gasteiger partial charge in [0.1, 0.15) is 5.75 Å². The summed E-state index contributed by atoms with van der Waals surface area (Å²) in [4.78, 5) is 12.8. The van der Waals surface area contributed by atoms with Crippen LogP contribution in [-0.2, 0) is 0 Å². The second kappa shape index (κ2) is 5.21. The van der Waals surface area contributed by atoms with Gasteiger partial charge < -0.3 is 4.74 Å². The Hall–Kier alpha value is -0.840. The van der Waals surface area contributed by atoms with Crippen molar-refractivity contribution in [3.05, 3.63) is 49.6 Å². The van der Waals surface area contributed by atoms with E-state index in [0.717, 1.165) is 4.47 Å². The number of thiophene rings is 1. The van der Waals surface area contributed by atoms with E-state index in [1.807, 2.05) is 0 Å². The van der Waals surface area contributed by atoms with E-state index in [0.29, 0.717) is 20.5 Å². The largest absolute Gasteiger partial charge is 0.497 e. The fourth-order valence-corrected chi connectivity index (χ4v) is 2.80. The summed E-state index contributed by atoms with van der Waals surface area (Å²) in [7, 11) is 1.57. The van der Waals surface area contributed by atoms with Crippen molar-refractivity contribution in [2.24, 2.45) is 0 Å². The number of rotatable bonds is 3. The van der Waals surface area contributed by atoms with Crippen LogP contribution in [0.15, 0.2) is 34.8 Å². The summed E-state index contributed by atoms with van der Waals surface area (Å²) >= 11 is 10.4. The number of ether oxygens (including phenoxy) is 1. The molecule has 2 aromatic rings. The van der Waals surface area contributed by atoms with Crippen LogP contribution in [0.4, 0.5) is 0 Å². The fraction of sp³-hybridized carbons (Fsp3) is 0.0833. The molecular formula is C12H8BrClO2S. The topological polar surface area (TPSA) is 26.3 Å². The van der Waals surface area contributed by atoms with Gasteiger partial charge >= 0.3 is 0 Å². The van der Waals surface area contributed by atoms with Crippen molar-refractivity contribution >= 4 is 44.7 Å². The molecule has 88 valence electrons. The highest BCUT2D eigenvalue weighted by atomic mass is 79.9. The first-order valence-electron chi connectivity index (χ1n) is 4.75. The molecular weight excluding hydrogens is 324 g/mol. The lowest BCUT2D eigenvalue weighted by molar-refractivity contribution is 0.104. The highest BCUT2D eigenvalue weighted by Crippen LogP contribution is 2.29. The second-order valence-electron chi connectivity index (χ2n) is 3.28. The highest BCUT2D eigenvalue weighted by Gasteiger charge is 2.15. The van der Waals surface area contributed by atoms with Crippen molar-refractivity contribution in [1.82, 2.24) is 0 Å². The van der Waals surface area contributed by atoms with E-state index in [1.54, 1.807) is 37.4 Å². The number of hydrogen-bond acceptors (Lipinski definition) is 3. The minimum atomic E-state index is -0.0623. The van der Waals surface area contributed by atoms with E-state index in [4.69, 9.17) is 16.3 Å². The van der Waals surface area contributed by atoms with Gasteiger partial charge in [-0.25, -0.2) is 0 Å². The van der Waals surface area contributed by atoms with Gasteiger partial charge in [-0.1, -0.05) is 27.5 Å². The zero-order valence-corrected chi connectivity index (χ0v) is 12.0. The van der Waals surface area contributed by atoms with E-state index < -0.39 is 0 Å². The third kappa shape index (κ3) is 2.70. The number of benzene rings is 1. The minimum Gasteiger partial charge on any atom is -0.497 e. The molecule has 1 heterocycles. The van der Waals surface area contributed by atoms with Gasteiger partial charge in [-0.05, 0) is 30.3 Å². The minimum absolute atomic E-state index is 0.0623. The summed E-state index contributed by atoms with van der Waals surface area (Å²) in [5.74, 6) is 0.590. The molecule has 5 heteroatoms. The van der Waals surface area contributed by atoms with Gasteiger partial charge in [0.15, 0.2) is 0 Å². The second-order valence-corrected chi connectivity index (χ2v) is 5.85. The number of hydrogen-bond donors (Lipinski definition) is 0. The van der Waals surface area contributed by atoms with Crippen LogP contribution in [0.5, 0.6) is 5.75 Å². The molecule has 17 heavy (non-hydrogen) atoms. The van der Waals surface area contributed by atoms with E-state index in [2.05, 4.69) is 15.9 Å². The van der Waals surface area contributed by atoms with E-state index in [1.165, 1.54) is 11.3 Å². The van der Waals surface area contributed by atoms with E-state index in [-0.39, 0.29) is 5.78 Å². The first kappa shape index (κ1) is 12.6. The smallest absolute Gasteiger partial charge is 0.204 e. The highest BCUT2D eigenvalue weighted by molar-refractivity contribution is 9.10. The molecule has 0 unspecified atom stereocenters. The van der Waals surface area contributed by atoms with Gasteiger partial charge in [0, 0.05) is 10.0 Å². The van der Waals surface area contributed by atoms with Crippen LogP contribution in [0, 0.1) is 0 Å². The number of carbonyl (C=O) groups excluding carboxylic acids is 1. The first-order valence-corrected chi connectivity index (χ1v) is 6.74. The Morgan fingerprint density at radius 2 is 2.12 bits per heavy atom. The Morgan fingerprint density at radius 3 is 2.71 bits per heavy atom. The predicted molar refractivity (Wildman–Crippen MR) is 73.5 cm³/mol. The molecule has 0 N–H and O–H groups in total. The van der Waals surface area contributed by atoms with Crippen LogP contribution in [-0.4, -0.2) is 12.9 Å². The molecule has 2 rings (SSSR count). The Bertz CT molecular complexity index is 565. The van der Waals surface area contributed by atoms with Crippen molar-refractivity contribution < 1.29 is 9.53 Å². The standard InChI is InChI=1S/C12H8BrClO2S/c1-16-7-2-3-9(13)8(6-7)12(15)10-4-5-11(14)17-10/h2-6H,1H3. The Balaban J connectivity index is 2.43. The molecule has 0 bridgehead atoms. The lowest BCUT2D eigenvalue weighted by atomic mass is 10.1. The average molecular weight is 332 g/mol. The molecule has 0 saturated carbocycles. The summed E-state index contributed by atoms with van der Waals surface area (Å²) in [6.07, 6.45) is 0. The van der Waals surface area contributed by atoms with Crippen molar-refractivity contribution in [1.29, 1.82) is 0 Å². The summed E-state index contributed by atoms with van der Waals surface area (Å²) in [5.41, 5.74) is 0.572. The maximum absolute atomic E-state index is 12.2. The number of carbonyl (C=O) groups is 1. The SMILES string of the molecule is COc1ccc(Br)c(C(=O)c2ccc(Cl)s2)c1. The van der Waals surface area contributed by atoms with E-state index >= 15 is 0 Å². The fourth-order valence-electron chi connectivity index (χ4n) is 1.37. The molecule has 0 amide bonds. The maximum Gasteiger partial charge on any atom is 0.204 e. The molecule has 0 spiro atoms. The number of ketones is 1. The Kier molecular flexibility index (Phi) is 3.86. The van der Waals surface area contributed by atoms with Gasteiger partial charge in [-0.15, -0.1) is 11.3 Å². The van der Waals surface area contributed by atoms with Crippen LogP contribution in [0.25, 0.3) is 0 Å². The summed E-state index contributed by atoms with van der Waals surface area (Å²) in [5, 5.41) is 0. The zero-order valence-electron chi connectivity index (χ0n) is 8.87. The van der Waals surface area contributed by atoms with Crippen LogP contribution in [0.2, 0.25) is 4.34 Å². The molecule has 2 nitrogen and oxygen atoms in total. The lowest BCUT2D eigenvalue weighted by Crippen LogP contribution is -2.00. The van der Waals surface area contributed by atoms with Gasteiger partial charge in [0.25, 0.3) is 0 Å². The molecule has 0 saturated heterocycles. The van der Waals surface area contributed by atoms with Gasteiger partial charge in [-0.3, -0.25) is 4.79 Å². The summed E-state index contributed by atoms with van der Waals surface area (Å²) < 4.78 is 6.45. The van der Waals surface area contributed by atoms with Crippen molar-refractivity contribution in [2.75, 3.05) is 7.11 Å². The molecule has 0 aliphatic rings. The Labute approximate surface area is 116 Å². The summed E-state index contributed by atoms with van der Waals surface area (Å²) in [6, 6.07) is 8.73. The van der Waals surface area contributed by atoms with Crippen LogP contribution in [0.1, 0.15) is 15.2 Å². The summed E-state index contributed by atoms with van der Waals surface area (Å²) in [6.45, 7) is 0. The van der Waals surface area contributed by atoms with Gasteiger partial charge in [0.2, 0.25) is 5.78 Å². The zero-order chi connectivity index (χ0) is 12.4. The van der Waals surface area contributed by atoms with E-state index in [9.17, 15) is 4.79 Å². The third-order valence-electron chi connectivity index (χ3n) is 2.22. The van der Waals surface area contributed by atoms with Gasteiger partial charge in [-0.2, -0.15) is 0 Å². The lowest BCUT2D eigenvalue weighted by Gasteiger charge is -2.05. The number of halogens is 2. The van der Waals surface area contributed by atoms with Crippen molar-refractivity contribution in [2.45, 2.75) is 0 Å². The molecule has 0 radical (unpaired) electrons. The quantitative estimate of drug-likeness (QED) is 0.779. The molecule has 0 aliphatic heterocycles. The normalized spacial score (nSPS) is 10.3. The average Bonchev–Trinajstić information content (AvgIpc) is 2.76. The predicted octanol–water partition coefficient (Wildman–Crippen LogP) is 4.40. The van der Waals surface area contributed by atoms with Gasteiger partial charge in [0.05, 0.1) is 16.3 Å². The third-order valence-corrected chi connectivity index (χ3v) is 4.14. The molecule has 1 aromatic heterocycles. The van der Waals surface area contributed by atoms with Crippen molar-refractivity contribution in [3.8, 4) is 5.75 Å². The molecule has 1 aromatic carbocycles. The molecule has 0 fully saturated rings. The monoisotopic (exact) mass is 330 g/mol.